The zero-order valence-corrected chi connectivity index (χ0v) is 13.7. The molecule has 1 aliphatic rings. The molecule has 0 bridgehead atoms. The lowest BCUT2D eigenvalue weighted by Gasteiger charge is -2.38. The molecule has 3 heterocycles. The summed E-state index contributed by atoms with van der Waals surface area (Å²) >= 11 is 0. The zero-order valence-electron chi connectivity index (χ0n) is 13.7. The standard InChI is InChI=1S/C17H18FN5O2/c1-22-14-13(10-19-22)15(24)21-16(20-14)23-8-6-17(25,7-9-23)11-2-4-12(18)5-3-11/h2-5,10,25H,6-9H2,1H3,(H,20,21,24). The van der Waals surface area contributed by atoms with Crippen LogP contribution in [-0.2, 0) is 12.6 Å². The van der Waals surface area contributed by atoms with E-state index in [1.807, 2.05) is 4.90 Å². The van der Waals surface area contributed by atoms with Gasteiger partial charge in [0.25, 0.3) is 5.56 Å². The lowest BCUT2D eigenvalue weighted by atomic mass is 9.84. The Morgan fingerprint density at radius 1 is 1.24 bits per heavy atom. The molecule has 0 amide bonds. The Balaban J connectivity index is 1.58. The molecular weight excluding hydrogens is 325 g/mol. The fourth-order valence-corrected chi connectivity index (χ4v) is 3.31. The summed E-state index contributed by atoms with van der Waals surface area (Å²) in [6.07, 6.45) is 2.42. The third-order valence-electron chi connectivity index (χ3n) is 4.86. The highest BCUT2D eigenvalue weighted by Crippen LogP contribution is 2.33. The summed E-state index contributed by atoms with van der Waals surface area (Å²) in [6.45, 7) is 1.06. The van der Waals surface area contributed by atoms with Crippen molar-refractivity contribution in [1.82, 2.24) is 19.7 Å². The van der Waals surface area contributed by atoms with Gasteiger partial charge >= 0.3 is 0 Å². The van der Waals surface area contributed by atoms with Gasteiger partial charge in [0.05, 0.1) is 11.8 Å². The van der Waals surface area contributed by atoms with E-state index in [0.717, 1.165) is 0 Å². The third kappa shape index (κ3) is 2.68. The van der Waals surface area contributed by atoms with Crippen LogP contribution in [0.2, 0.25) is 0 Å². The van der Waals surface area contributed by atoms with Crippen LogP contribution in [0.15, 0.2) is 35.3 Å². The summed E-state index contributed by atoms with van der Waals surface area (Å²) in [5, 5.41) is 15.4. The van der Waals surface area contributed by atoms with E-state index in [4.69, 9.17) is 0 Å². The van der Waals surface area contributed by atoms with Crippen molar-refractivity contribution >= 4 is 17.0 Å². The molecule has 0 radical (unpaired) electrons. The van der Waals surface area contributed by atoms with E-state index >= 15 is 0 Å². The Bertz CT molecular complexity index is 971. The number of aromatic amines is 1. The average molecular weight is 343 g/mol. The molecule has 8 heteroatoms. The minimum absolute atomic E-state index is 0.229. The van der Waals surface area contributed by atoms with Crippen LogP contribution in [0.5, 0.6) is 0 Å². The number of H-pyrrole nitrogens is 1. The molecule has 0 aliphatic carbocycles. The lowest BCUT2D eigenvalue weighted by molar-refractivity contribution is 0.0115. The van der Waals surface area contributed by atoms with Gasteiger partial charge < -0.3 is 10.0 Å². The molecule has 1 aliphatic heterocycles. The van der Waals surface area contributed by atoms with Gasteiger partial charge in [0, 0.05) is 20.1 Å². The molecule has 1 aromatic carbocycles. The molecular formula is C17H18FN5O2. The van der Waals surface area contributed by atoms with Crippen LogP contribution in [0.1, 0.15) is 18.4 Å². The van der Waals surface area contributed by atoms with Gasteiger partial charge in [-0.05, 0) is 30.5 Å². The monoisotopic (exact) mass is 343 g/mol. The molecule has 0 saturated carbocycles. The van der Waals surface area contributed by atoms with E-state index in [1.165, 1.54) is 18.3 Å². The van der Waals surface area contributed by atoms with Crippen molar-refractivity contribution in [3.63, 3.8) is 0 Å². The Hall–Kier alpha value is -2.74. The summed E-state index contributed by atoms with van der Waals surface area (Å²) in [5.41, 5.74) is 0.00360. The van der Waals surface area contributed by atoms with E-state index < -0.39 is 5.60 Å². The van der Waals surface area contributed by atoms with Gasteiger partial charge in [0.2, 0.25) is 5.95 Å². The first-order chi connectivity index (χ1) is 12.0. The molecule has 0 spiro atoms. The maximum atomic E-state index is 13.1. The van der Waals surface area contributed by atoms with Crippen LogP contribution in [0.4, 0.5) is 10.3 Å². The number of aryl methyl sites for hydroxylation is 1. The van der Waals surface area contributed by atoms with E-state index in [-0.39, 0.29) is 11.4 Å². The first-order valence-electron chi connectivity index (χ1n) is 8.12. The molecule has 3 aromatic rings. The van der Waals surface area contributed by atoms with Crippen LogP contribution in [0.3, 0.4) is 0 Å². The Morgan fingerprint density at radius 3 is 2.60 bits per heavy atom. The summed E-state index contributed by atoms with van der Waals surface area (Å²) in [4.78, 5) is 21.4. The van der Waals surface area contributed by atoms with Gasteiger partial charge in [-0.3, -0.25) is 14.5 Å². The fraction of sp³-hybridized carbons (Fsp3) is 0.353. The van der Waals surface area contributed by atoms with Crippen molar-refractivity contribution in [3.05, 3.63) is 52.2 Å². The topological polar surface area (TPSA) is 87.0 Å². The molecule has 7 nitrogen and oxygen atoms in total. The predicted molar refractivity (Wildman–Crippen MR) is 90.9 cm³/mol. The number of hydrogen-bond donors (Lipinski definition) is 2. The number of rotatable bonds is 2. The Morgan fingerprint density at radius 2 is 1.92 bits per heavy atom. The summed E-state index contributed by atoms with van der Waals surface area (Å²) in [6, 6.07) is 5.95. The number of halogens is 1. The van der Waals surface area contributed by atoms with Crippen LogP contribution in [-0.4, -0.2) is 37.9 Å². The van der Waals surface area contributed by atoms with Crippen molar-refractivity contribution in [3.8, 4) is 0 Å². The summed E-state index contributed by atoms with van der Waals surface area (Å²) in [7, 11) is 1.74. The molecule has 1 fully saturated rings. The molecule has 0 atom stereocenters. The van der Waals surface area contributed by atoms with Crippen molar-refractivity contribution in [1.29, 1.82) is 0 Å². The number of aromatic nitrogens is 4. The van der Waals surface area contributed by atoms with Crippen molar-refractivity contribution in [2.45, 2.75) is 18.4 Å². The van der Waals surface area contributed by atoms with Gasteiger partial charge in [-0.2, -0.15) is 10.1 Å². The minimum Gasteiger partial charge on any atom is -0.385 e. The first-order valence-corrected chi connectivity index (χ1v) is 8.12. The molecule has 25 heavy (non-hydrogen) atoms. The summed E-state index contributed by atoms with van der Waals surface area (Å²) in [5.74, 6) is 0.151. The van der Waals surface area contributed by atoms with Gasteiger partial charge in [0.15, 0.2) is 5.65 Å². The van der Waals surface area contributed by atoms with Crippen molar-refractivity contribution in [2.75, 3.05) is 18.0 Å². The van der Waals surface area contributed by atoms with E-state index in [2.05, 4.69) is 15.1 Å². The van der Waals surface area contributed by atoms with Gasteiger partial charge in [-0.15, -0.1) is 0 Å². The molecule has 0 unspecified atom stereocenters. The maximum Gasteiger partial charge on any atom is 0.263 e. The second-order valence-electron chi connectivity index (χ2n) is 6.42. The molecule has 130 valence electrons. The second-order valence-corrected chi connectivity index (χ2v) is 6.42. The van der Waals surface area contributed by atoms with E-state index in [9.17, 15) is 14.3 Å². The number of benzene rings is 1. The first kappa shape index (κ1) is 15.8. The van der Waals surface area contributed by atoms with E-state index in [1.54, 1.807) is 23.9 Å². The van der Waals surface area contributed by atoms with Crippen molar-refractivity contribution < 1.29 is 9.50 Å². The highest BCUT2D eigenvalue weighted by atomic mass is 19.1. The number of piperidine rings is 1. The van der Waals surface area contributed by atoms with Crippen LogP contribution < -0.4 is 10.5 Å². The second kappa shape index (κ2) is 5.66. The number of anilines is 1. The number of nitrogens with zero attached hydrogens (tertiary/aromatic N) is 4. The van der Waals surface area contributed by atoms with Crippen LogP contribution >= 0.6 is 0 Å². The lowest BCUT2D eigenvalue weighted by Crippen LogP contribution is -2.43. The average Bonchev–Trinajstić information content (AvgIpc) is 2.98. The summed E-state index contributed by atoms with van der Waals surface area (Å²) < 4.78 is 14.7. The maximum absolute atomic E-state index is 13.1. The quantitative estimate of drug-likeness (QED) is 0.732. The highest BCUT2D eigenvalue weighted by molar-refractivity contribution is 5.74. The smallest absolute Gasteiger partial charge is 0.263 e. The molecule has 1 saturated heterocycles. The Kier molecular flexibility index (Phi) is 3.57. The fourth-order valence-electron chi connectivity index (χ4n) is 3.31. The van der Waals surface area contributed by atoms with Crippen LogP contribution in [0, 0.1) is 5.82 Å². The van der Waals surface area contributed by atoms with Gasteiger partial charge in [-0.1, -0.05) is 12.1 Å². The largest absolute Gasteiger partial charge is 0.385 e. The number of nitrogens with one attached hydrogen (secondary N) is 1. The van der Waals surface area contributed by atoms with Crippen molar-refractivity contribution in [2.24, 2.45) is 7.05 Å². The van der Waals surface area contributed by atoms with Crippen LogP contribution in [0.25, 0.3) is 11.0 Å². The minimum atomic E-state index is -0.999. The Labute approximate surface area is 142 Å². The van der Waals surface area contributed by atoms with E-state index in [0.29, 0.717) is 48.5 Å². The number of fused-ring (bicyclic) bond motifs is 1. The van der Waals surface area contributed by atoms with Gasteiger partial charge in [-0.25, -0.2) is 4.39 Å². The zero-order chi connectivity index (χ0) is 17.6. The highest BCUT2D eigenvalue weighted by Gasteiger charge is 2.34. The normalized spacial score (nSPS) is 17.2. The molecule has 2 aromatic heterocycles. The number of aliphatic hydroxyl groups is 1. The molecule has 2 N–H and O–H groups in total. The molecule has 4 rings (SSSR count). The third-order valence-corrected chi connectivity index (χ3v) is 4.86. The van der Waals surface area contributed by atoms with Gasteiger partial charge in [0.1, 0.15) is 11.2 Å². The SMILES string of the molecule is Cn1ncc2c(=O)[nH]c(N3CCC(O)(c4ccc(F)cc4)CC3)nc21. The predicted octanol–water partition coefficient (Wildman–Crippen LogP) is 1.28. The number of hydrogen-bond acceptors (Lipinski definition) is 5.